The van der Waals surface area contributed by atoms with Crippen molar-refractivity contribution in [3.8, 4) is 0 Å². The molecule has 3 saturated carbocycles. The van der Waals surface area contributed by atoms with Gasteiger partial charge in [0.25, 0.3) is 0 Å². The number of nitrogens with one attached hydrogen (secondary N) is 1. The number of carbonyl (C=O) groups is 2. The SMILES string of the molecule is CC(=O)N1C2CCC(C3CCCC(S(=O)(=O)NCCO)C3)CC2N(C(=O)OC2CCCCC2)C[C@@H]1C. The van der Waals surface area contributed by atoms with Gasteiger partial charge < -0.3 is 19.6 Å². The number of fused-ring (bicyclic) bond motifs is 1. The molecule has 206 valence electrons. The Morgan fingerprint density at radius 2 is 1.67 bits per heavy atom. The summed E-state index contributed by atoms with van der Waals surface area (Å²) >= 11 is 0. The molecule has 4 rings (SSSR count). The highest BCUT2D eigenvalue weighted by atomic mass is 32.2. The number of carbonyl (C=O) groups excluding carboxylic acids is 2. The molecule has 0 aromatic rings. The molecule has 3 aliphatic carbocycles. The molecule has 0 bridgehead atoms. The van der Waals surface area contributed by atoms with Crippen LogP contribution in [0.1, 0.15) is 90.9 Å². The third-order valence-corrected chi connectivity index (χ3v) is 11.0. The fourth-order valence-corrected chi connectivity index (χ4v) is 9.02. The van der Waals surface area contributed by atoms with E-state index in [1.165, 1.54) is 6.42 Å². The summed E-state index contributed by atoms with van der Waals surface area (Å²) in [5.74, 6) is 0.640. The number of rotatable bonds is 6. The highest BCUT2D eigenvalue weighted by Crippen LogP contribution is 2.44. The van der Waals surface area contributed by atoms with Gasteiger partial charge in [-0.3, -0.25) is 4.79 Å². The fourth-order valence-electron chi connectivity index (χ4n) is 7.43. The van der Waals surface area contributed by atoms with E-state index in [1.807, 2.05) is 16.7 Å². The highest BCUT2D eigenvalue weighted by Gasteiger charge is 2.48. The van der Waals surface area contributed by atoms with Gasteiger partial charge in [-0.2, -0.15) is 0 Å². The van der Waals surface area contributed by atoms with Gasteiger partial charge in [0.05, 0.1) is 23.9 Å². The number of hydrogen-bond donors (Lipinski definition) is 2. The van der Waals surface area contributed by atoms with Gasteiger partial charge in [0, 0.05) is 26.1 Å². The molecule has 5 unspecified atom stereocenters. The van der Waals surface area contributed by atoms with Crippen LogP contribution in [0, 0.1) is 11.8 Å². The predicted molar refractivity (Wildman–Crippen MR) is 137 cm³/mol. The summed E-state index contributed by atoms with van der Waals surface area (Å²) < 4.78 is 34.0. The van der Waals surface area contributed by atoms with E-state index in [-0.39, 0.29) is 55.3 Å². The molecule has 1 saturated heterocycles. The molecule has 0 radical (unpaired) electrons. The Bertz CT molecular complexity index is 877. The largest absolute Gasteiger partial charge is 0.446 e. The topological polar surface area (TPSA) is 116 Å². The maximum Gasteiger partial charge on any atom is 0.410 e. The number of sulfonamides is 1. The van der Waals surface area contributed by atoms with Crippen molar-refractivity contribution in [3.63, 3.8) is 0 Å². The lowest BCUT2D eigenvalue weighted by molar-refractivity contribution is -0.143. The number of ether oxygens (including phenoxy) is 1. The minimum absolute atomic E-state index is 0.0130. The summed E-state index contributed by atoms with van der Waals surface area (Å²) in [7, 11) is -3.46. The number of nitrogens with zero attached hydrogens (tertiary/aromatic N) is 2. The maximum absolute atomic E-state index is 13.4. The van der Waals surface area contributed by atoms with Crippen LogP contribution in [-0.4, -0.2) is 84.5 Å². The fraction of sp³-hybridized carbons (Fsp3) is 0.923. The van der Waals surface area contributed by atoms with Gasteiger partial charge in [-0.15, -0.1) is 0 Å². The third-order valence-electron chi connectivity index (χ3n) is 9.12. The van der Waals surface area contributed by atoms with E-state index in [0.717, 1.165) is 57.8 Å². The van der Waals surface area contributed by atoms with Crippen molar-refractivity contribution < 1.29 is 27.9 Å². The zero-order valence-corrected chi connectivity index (χ0v) is 22.8. The Morgan fingerprint density at radius 3 is 2.36 bits per heavy atom. The third kappa shape index (κ3) is 6.18. The van der Waals surface area contributed by atoms with Crippen LogP contribution >= 0.6 is 0 Å². The standard InChI is InChI=1S/C26H45N3O6S/c1-18-17-28(26(32)35-22-8-4-3-5-9-22)25-16-21(11-12-24(25)29(18)19(2)31)20-7-6-10-23(15-20)36(33,34)27-13-14-30/h18,20-25,27,30H,3-17H2,1-2H3/t18-,20?,21?,23?,24?,25?/m0/s1. The molecule has 1 aliphatic heterocycles. The van der Waals surface area contributed by atoms with Crippen LogP contribution in [-0.2, 0) is 19.6 Å². The minimum atomic E-state index is -3.46. The Kier molecular flexibility index (Phi) is 9.20. The summed E-state index contributed by atoms with van der Waals surface area (Å²) in [6, 6.07) is -0.166. The average molecular weight is 528 g/mol. The molecule has 4 aliphatic rings. The second-order valence-electron chi connectivity index (χ2n) is 11.5. The monoisotopic (exact) mass is 527 g/mol. The number of hydrogen-bond acceptors (Lipinski definition) is 6. The highest BCUT2D eigenvalue weighted by molar-refractivity contribution is 7.90. The number of aliphatic hydroxyl groups excluding tert-OH is 1. The van der Waals surface area contributed by atoms with Gasteiger partial charge in [-0.1, -0.05) is 19.3 Å². The lowest BCUT2D eigenvalue weighted by atomic mass is 9.69. The molecule has 10 heteroatoms. The Labute approximate surface area is 216 Å². The van der Waals surface area contributed by atoms with Crippen LogP contribution in [0.25, 0.3) is 0 Å². The Hall–Kier alpha value is -1.39. The van der Waals surface area contributed by atoms with Crippen molar-refractivity contribution >= 4 is 22.0 Å². The normalized spacial score (nSPS) is 34.2. The first-order chi connectivity index (χ1) is 17.2. The van der Waals surface area contributed by atoms with Crippen LogP contribution in [0.3, 0.4) is 0 Å². The maximum atomic E-state index is 13.4. The smallest absolute Gasteiger partial charge is 0.410 e. The minimum Gasteiger partial charge on any atom is -0.446 e. The molecule has 0 spiro atoms. The van der Waals surface area contributed by atoms with Crippen LogP contribution < -0.4 is 4.72 Å². The van der Waals surface area contributed by atoms with Crippen molar-refractivity contribution in [2.45, 2.75) is 120 Å². The summed E-state index contributed by atoms with van der Waals surface area (Å²) in [5, 5.41) is 8.61. The lowest BCUT2D eigenvalue weighted by Gasteiger charge is -2.54. The van der Waals surface area contributed by atoms with Gasteiger partial charge in [-0.25, -0.2) is 17.9 Å². The van der Waals surface area contributed by atoms with E-state index in [0.29, 0.717) is 25.3 Å². The Balaban J connectivity index is 1.48. The first-order valence-electron chi connectivity index (χ1n) is 14.1. The number of piperazine rings is 1. The molecule has 4 fully saturated rings. The molecule has 0 aromatic carbocycles. The molecule has 1 heterocycles. The zero-order chi connectivity index (χ0) is 25.9. The first-order valence-corrected chi connectivity index (χ1v) is 15.6. The molecule has 0 aromatic heterocycles. The van der Waals surface area contributed by atoms with Gasteiger partial charge in [-0.05, 0) is 76.5 Å². The van der Waals surface area contributed by atoms with Crippen LogP contribution in [0.2, 0.25) is 0 Å². The molecule has 6 atom stereocenters. The number of amides is 2. The van der Waals surface area contributed by atoms with Gasteiger partial charge in [0.1, 0.15) is 6.10 Å². The van der Waals surface area contributed by atoms with Crippen LogP contribution in [0.4, 0.5) is 4.79 Å². The van der Waals surface area contributed by atoms with E-state index in [2.05, 4.69) is 4.72 Å². The predicted octanol–water partition coefficient (Wildman–Crippen LogP) is 3.02. The molecular weight excluding hydrogens is 482 g/mol. The molecule has 2 amide bonds. The average Bonchev–Trinajstić information content (AvgIpc) is 2.87. The molecular formula is C26H45N3O6S. The summed E-state index contributed by atoms with van der Waals surface area (Å²) in [6.45, 7) is 3.95. The van der Waals surface area contributed by atoms with Crippen molar-refractivity contribution in [1.82, 2.24) is 14.5 Å². The first kappa shape index (κ1) is 27.6. The van der Waals surface area contributed by atoms with Gasteiger partial charge in [0.15, 0.2) is 0 Å². The van der Waals surface area contributed by atoms with E-state index in [1.54, 1.807) is 6.92 Å². The zero-order valence-electron chi connectivity index (χ0n) is 21.9. The quantitative estimate of drug-likeness (QED) is 0.549. The second-order valence-corrected chi connectivity index (χ2v) is 13.5. The van der Waals surface area contributed by atoms with E-state index >= 15 is 0 Å². The van der Waals surface area contributed by atoms with Crippen molar-refractivity contribution in [2.24, 2.45) is 11.8 Å². The van der Waals surface area contributed by atoms with E-state index in [4.69, 9.17) is 9.84 Å². The van der Waals surface area contributed by atoms with Crippen molar-refractivity contribution in [2.75, 3.05) is 19.7 Å². The molecule has 2 N–H and O–H groups in total. The van der Waals surface area contributed by atoms with Crippen LogP contribution in [0.5, 0.6) is 0 Å². The van der Waals surface area contributed by atoms with Crippen LogP contribution in [0.15, 0.2) is 0 Å². The van der Waals surface area contributed by atoms with E-state index in [9.17, 15) is 18.0 Å². The Morgan fingerprint density at radius 1 is 0.944 bits per heavy atom. The lowest BCUT2D eigenvalue weighted by Crippen LogP contribution is -2.67. The summed E-state index contributed by atoms with van der Waals surface area (Å²) in [5.41, 5.74) is 0. The van der Waals surface area contributed by atoms with Gasteiger partial charge in [0.2, 0.25) is 15.9 Å². The van der Waals surface area contributed by atoms with Crippen molar-refractivity contribution in [3.05, 3.63) is 0 Å². The van der Waals surface area contributed by atoms with Gasteiger partial charge >= 0.3 is 6.09 Å². The molecule has 36 heavy (non-hydrogen) atoms. The summed E-state index contributed by atoms with van der Waals surface area (Å²) in [6.07, 6.45) is 10.6. The van der Waals surface area contributed by atoms with Crippen molar-refractivity contribution in [1.29, 1.82) is 0 Å². The van der Waals surface area contributed by atoms with E-state index < -0.39 is 15.3 Å². The second kappa shape index (κ2) is 12.0. The summed E-state index contributed by atoms with van der Waals surface area (Å²) in [4.78, 5) is 29.9. The molecule has 9 nitrogen and oxygen atoms in total. The number of aliphatic hydroxyl groups is 1.